The number of benzene rings is 2. The number of ether oxygens (including phenoxy) is 1. The predicted octanol–water partition coefficient (Wildman–Crippen LogP) is 3.71. The van der Waals surface area contributed by atoms with E-state index in [1.807, 2.05) is 0 Å². The molecule has 23 heavy (non-hydrogen) atoms. The summed E-state index contributed by atoms with van der Waals surface area (Å²) in [6.45, 7) is 0. The van der Waals surface area contributed by atoms with Crippen molar-refractivity contribution in [1.29, 1.82) is 0 Å². The second-order valence-corrected chi connectivity index (χ2v) is 6.79. The fourth-order valence-electron chi connectivity index (χ4n) is 1.76. The molecule has 0 atom stereocenters. The summed E-state index contributed by atoms with van der Waals surface area (Å²) in [4.78, 5) is 9.78. The van der Waals surface area contributed by atoms with Crippen molar-refractivity contribution >= 4 is 44.6 Å². The highest BCUT2D eigenvalue weighted by molar-refractivity contribution is 7.92. The number of hydrogen-bond acceptors (Lipinski definition) is 5. The number of nitro benzene ring substituents is 1. The second kappa shape index (κ2) is 6.61. The fourth-order valence-corrected chi connectivity index (χ4v) is 3.30. The Bertz CT molecular complexity index is 871. The van der Waals surface area contributed by atoms with Crippen molar-refractivity contribution in [1.82, 2.24) is 0 Å². The Balaban J connectivity index is 2.47. The van der Waals surface area contributed by atoms with Crippen LogP contribution in [0.3, 0.4) is 0 Å². The van der Waals surface area contributed by atoms with E-state index < -0.39 is 14.9 Å². The fraction of sp³-hybridized carbons (Fsp3) is 0.0769. The van der Waals surface area contributed by atoms with Crippen molar-refractivity contribution in [2.45, 2.75) is 4.90 Å². The van der Waals surface area contributed by atoms with E-state index in [1.54, 1.807) is 0 Å². The van der Waals surface area contributed by atoms with Crippen molar-refractivity contribution in [3.63, 3.8) is 0 Å². The smallest absolute Gasteiger partial charge is 0.271 e. The molecule has 0 unspecified atom stereocenters. The first-order chi connectivity index (χ1) is 10.7. The van der Waals surface area contributed by atoms with Gasteiger partial charge in [0.25, 0.3) is 15.7 Å². The SMILES string of the molecule is COc1ccc([N+](=O)[O-])cc1S(=O)(=O)Nc1ccc(Cl)c(Cl)c1. The zero-order valence-electron chi connectivity index (χ0n) is 11.6. The van der Waals surface area contributed by atoms with Crippen LogP contribution in [0, 0.1) is 10.1 Å². The van der Waals surface area contributed by atoms with Crippen LogP contribution in [0.2, 0.25) is 10.0 Å². The van der Waals surface area contributed by atoms with Gasteiger partial charge in [-0.25, -0.2) is 8.42 Å². The summed E-state index contributed by atoms with van der Waals surface area (Å²) >= 11 is 11.6. The Morgan fingerprint density at radius 2 is 1.83 bits per heavy atom. The number of halogens is 2. The van der Waals surface area contributed by atoms with Gasteiger partial charge in [-0.15, -0.1) is 0 Å². The van der Waals surface area contributed by atoms with Gasteiger partial charge in [0.05, 0.1) is 27.8 Å². The average Bonchev–Trinajstić information content (AvgIpc) is 2.50. The molecule has 0 aliphatic rings. The molecule has 10 heteroatoms. The molecule has 0 radical (unpaired) electrons. The van der Waals surface area contributed by atoms with E-state index >= 15 is 0 Å². The van der Waals surface area contributed by atoms with Crippen LogP contribution in [-0.4, -0.2) is 20.5 Å². The van der Waals surface area contributed by atoms with Crippen molar-refractivity contribution < 1.29 is 18.1 Å². The van der Waals surface area contributed by atoms with E-state index in [2.05, 4.69) is 4.72 Å². The topological polar surface area (TPSA) is 98.5 Å². The van der Waals surface area contributed by atoms with E-state index in [-0.39, 0.29) is 32.1 Å². The molecule has 0 aliphatic heterocycles. The molecule has 0 fully saturated rings. The van der Waals surface area contributed by atoms with Gasteiger partial charge in [-0.2, -0.15) is 0 Å². The number of nitrogens with zero attached hydrogens (tertiary/aromatic N) is 1. The quantitative estimate of drug-likeness (QED) is 0.633. The summed E-state index contributed by atoms with van der Waals surface area (Å²) in [7, 11) is -2.86. The van der Waals surface area contributed by atoms with Crippen LogP contribution in [-0.2, 0) is 10.0 Å². The first kappa shape index (κ1) is 17.3. The number of sulfonamides is 1. The summed E-state index contributed by atoms with van der Waals surface area (Å²) in [5.41, 5.74) is -0.215. The van der Waals surface area contributed by atoms with Crippen LogP contribution in [0.25, 0.3) is 0 Å². The zero-order valence-corrected chi connectivity index (χ0v) is 13.9. The summed E-state index contributed by atoms with van der Waals surface area (Å²) in [6, 6.07) is 7.44. The molecule has 2 aromatic carbocycles. The molecule has 0 amide bonds. The van der Waals surface area contributed by atoms with E-state index in [4.69, 9.17) is 27.9 Å². The lowest BCUT2D eigenvalue weighted by atomic mass is 10.3. The Labute approximate surface area is 142 Å². The first-order valence-corrected chi connectivity index (χ1v) is 8.29. The average molecular weight is 377 g/mol. The van der Waals surface area contributed by atoms with Gasteiger partial charge in [-0.1, -0.05) is 23.2 Å². The number of methoxy groups -OCH3 is 1. The molecule has 0 spiro atoms. The maximum absolute atomic E-state index is 12.5. The van der Waals surface area contributed by atoms with Crippen LogP contribution in [0.15, 0.2) is 41.3 Å². The van der Waals surface area contributed by atoms with Crippen molar-refractivity contribution in [2.75, 3.05) is 11.8 Å². The normalized spacial score (nSPS) is 11.1. The van der Waals surface area contributed by atoms with Gasteiger partial charge in [0.1, 0.15) is 10.6 Å². The molecule has 0 bridgehead atoms. The highest BCUT2D eigenvalue weighted by atomic mass is 35.5. The molecule has 2 rings (SSSR count). The van der Waals surface area contributed by atoms with E-state index in [0.29, 0.717) is 0 Å². The molecule has 0 saturated carbocycles. The van der Waals surface area contributed by atoms with Crippen LogP contribution >= 0.6 is 23.2 Å². The predicted molar refractivity (Wildman–Crippen MR) is 86.9 cm³/mol. The Morgan fingerprint density at radius 1 is 1.13 bits per heavy atom. The van der Waals surface area contributed by atoms with Gasteiger partial charge in [0.2, 0.25) is 0 Å². The molecule has 0 heterocycles. The van der Waals surface area contributed by atoms with Crippen LogP contribution in [0.5, 0.6) is 5.75 Å². The van der Waals surface area contributed by atoms with Crippen molar-refractivity contribution in [3.05, 3.63) is 56.6 Å². The Kier molecular flexibility index (Phi) is 4.98. The highest BCUT2D eigenvalue weighted by Crippen LogP contribution is 2.31. The lowest BCUT2D eigenvalue weighted by Gasteiger charge is -2.12. The van der Waals surface area contributed by atoms with Crippen LogP contribution < -0.4 is 9.46 Å². The molecule has 0 aliphatic carbocycles. The van der Waals surface area contributed by atoms with Gasteiger partial charge in [0.15, 0.2) is 0 Å². The van der Waals surface area contributed by atoms with Crippen molar-refractivity contribution in [2.24, 2.45) is 0 Å². The summed E-state index contributed by atoms with van der Waals surface area (Å²) in [5, 5.41) is 11.3. The maximum Gasteiger partial charge on any atom is 0.271 e. The molecule has 2 aromatic rings. The Morgan fingerprint density at radius 3 is 2.39 bits per heavy atom. The third-order valence-electron chi connectivity index (χ3n) is 2.82. The molecule has 122 valence electrons. The Hall–Kier alpha value is -2.03. The van der Waals surface area contributed by atoms with E-state index in [0.717, 1.165) is 12.1 Å². The highest BCUT2D eigenvalue weighted by Gasteiger charge is 2.23. The minimum atomic E-state index is -4.12. The molecular weight excluding hydrogens is 367 g/mol. The zero-order chi connectivity index (χ0) is 17.2. The lowest BCUT2D eigenvalue weighted by molar-refractivity contribution is -0.385. The second-order valence-electron chi connectivity index (χ2n) is 4.33. The van der Waals surface area contributed by atoms with Gasteiger partial charge < -0.3 is 4.74 Å². The molecular formula is C13H10Cl2N2O5S. The van der Waals surface area contributed by atoms with Crippen LogP contribution in [0.4, 0.5) is 11.4 Å². The molecule has 1 N–H and O–H groups in total. The van der Waals surface area contributed by atoms with Crippen molar-refractivity contribution in [3.8, 4) is 5.75 Å². The monoisotopic (exact) mass is 376 g/mol. The minimum Gasteiger partial charge on any atom is -0.495 e. The first-order valence-electron chi connectivity index (χ1n) is 6.05. The number of non-ortho nitro benzene ring substituents is 1. The summed E-state index contributed by atoms with van der Waals surface area (Å²) in [6.07, 6.45) is 0. The van der Waals surface area contributed by atoms with Gasteiger partial charge in [-0.05, 0) is 24.3 Å². The number of rotatable bonds is 5. The third-order valence-corrected chi connectivity index (χ3v) is 4.96. The largest absolute Gasteiger partial charge is 0.495 e. The maximum atomic E-state index is 12.5. The lowest BCUT2D eigenvalue weighted by Crippen LogP contribution is -2.14. The van der Waals surface area contributed by atoms with Gasteiger partial charge in [-0.3, -0.25) is 14.8 Å². The van der Waals surface area contributed by atoms with Crippen LogP contribution in [0.1, 0.15) is 0 Å². The number of nitro groups is 1. The van der Waals surface area contributed by atoms with Gasteiger partial charge >= 0.3 is 0 Å². The number of hydrogen-bond donors (Lipinski definition) is 1. The molecule has 0 saturated heterocycles. The van der Waals surface area contributed by atoms with E-state index in [9.17, 15) is 18.5 Å². The van der Waals surface area contributed by atoms with Gasteiger partial charge in [0, 0.05) is 12.1 Å². The minimum absolute atomic E-state index is 0.0249. The number of nitrogens with one attached hydrogen (secondary N) is 1. The summed E-state index contributed by atoms with van der Waals surface area (Å²) in [5.74, 6) is -0.0249. The third kappa shape index (κ3) is 3.84. The summed E-state index contributed by atoms with van der Waals surface area (Å²) < 4.78 is 32.2. The standard InChI is InChI=1S/C13H10Cl2N2O5S/c1-22-12-5-3-9(17(18)19)7-13(12)23(20,21)16-8-2-4-10(14)11(15)6-8/h2-7,16H,1H3. The number of anilines is 1. The molecule has 7 nitrogen and oxygen atoms in total. The van der Waals surface area contributed by atoms with E-state index in [1.165, 1.54) is 31.4 Å². The molecule has 0 aromatic heterocycles.